The third kappa shape index (κ3) is 4.25. The normalized spacial score (nSPS) is 21.4. The minimum absolute atomic E-state index is 0.0312. The van der Waals surface area contributed by atoms with Gasteiger partial charge in [-0.25, -0.2) is 29.6 Å². The van der Waals surface area contributed by atoms with E-state index in [1.54, 1.807) is 0 Å². The smallest absolute Gasteiger partial charge is 0.304 e. The van der Waals surface area contributed by atoms with E-state index in [2.05, 4.69) is 0 Å². The highest BCUT2D eigenvalue weighted by Crippen LogP contribution is 2.50. The number of halogens is 8. The van der Waals surface area contributed by atoms with Crippen molar-refractivity contribution in [3.63, 3.8) is 0 Å². The molecule has 0 bridgehead atoms. The molecule has 0 amide bonds. The van der Waals surface area contributed by atoms with Crippen LogP contribution in [0.5, 0.6) is 0 Å². The van der Waals surface area contributed by atoms with Crippen LogP contribution in [0.3, 0.4) is 0 Å². The van der Waals surface area contributed by atoms with Crippen molar-refractivity contribution in [2.45, 2.75) is 28.6 Å². The average molecular weight is 521 g/mol. The fraction of sp³-hybridized carbons (Fsp3) is 1.00. The van der Waals surface area contributed by atoms with Gasteiger partial charge in [0.05, 0.1) is 0 Å². The van der Waals surface area contributed by atoms with Crippen LogP contribution in [0.4, 0.5) is 35.1 Å². The molecule has 1 saturated heterocycles. The van der Waals surface area contributed by atoms with Gasteiger partial charge in [0.1, 0.15) is 0 Å². The molecule has 1 aliphatic rings. The van der Waals surface area contributed by atoms with Crippen LogP contribution in [0.2, 0.25) is 0 Å². The lowest BCUT2D eigenvalue weighted by Gasteiger charge is -2.39. The molecule has 0 spiro atoms. The first-order valence-electron chi connectivity index (χ1n) is 7.43. The van der Waals surface area contributed by atoms with Crippen molar-refractivity contribution in [3.05, 3.63) is 0 Å². The van der Waals surface area contributed by atoms with Gasteiger partial charge in [-0.3, -0.25) is 0 Å². The Kier molecular flexibility index (Phi) is 6.93. The Hall–Kier alpha value is -0.830. The molecule has 1 fully saturated rings. The molecule has 0 saturated carbocycles. The van der Waals surface area contributed by atoms with Gasteiger partial charge in [-0.2, -0.15) is 35.0 Å². The second kappa shape index (κ2) is 7.64. The molecule has 0 aromatic heterocycles. The second-order valence-electron chi connectivity index (χ2n) is 6.25. The highest BCUT2D eigenvalue weighted by molar-refractivity contribution is 8.05. The predicted molar refractivity (Wildman–Crippen MR) is 84.4 cm³/mol. The Morgan fingerprint density at radius 3 is 1.50 bits per heavy atom. The second-order valence-corrected chi connectivity index (χ2v) is 12.1. The van der Waals surface area contributed by atoms with Crippen LogP contribution in [-0.2, 0) is 30.1 Å². The molecular formula is C10H15F8N3O6S3. The maximum atomic E-state index is 14.7. The van der Waals surface area contributed by atoms with E-state index in [-0.39, 0.29) is 17.4 Å². The van der Waals surface area contributed by atoms with E-state index in [4.69, 9.17) is 0 Å². The summed E-state index contributed by atoms with van der Waals surface area (Å²) in [5, 5.41) is -12.3. The largest absolute Gasteiger partial charge is 0.512 e. The summed E-state index contributed by atoms with van der Waals surface area (Å²) in [5.74, 6) is -6.73. The Labute approximate surface area is 166 Å². The Morgan fingerprint density at radius 2 is 1.13 bits per heavy atom. The molecule has 0 aromatic rings. The number of hydrogen-bond donors (Lipinski definition) is 1. The van der Waals surface area contributed by atoms with E-state index in [9.17, 15) is 60.4 Å². The van der Waals surface area contributed by atoms with E-state index in [1.165, 1.54) is 11.9 Å². The van der Waals surface area contributed by atoms with Gasteiger partial charge in [-0.1, -0.05) is 4.13 Å². The van der Waals surface area contributed by atoms with Crippen molar-refractivity contribution >= 4 is 30.1 Å². The molecule has 1 unspecified atom stereocenters. The first-order chi connectivity index (χ1) is 13.0. The van der Waals surface area contributed by atoms with Crippen molar-refractivity contribution in [2.75, 3.05) is 33.2 Å². The molecule has 0 aliphatic carbocycles. The van der Waals surface area contributed by atoms with Gasteiger partial charge in [0.15, 0.2) is 0 Å². The van der Waals surface area contributed by atoms with Gasteiger partial charge >= 0.3 is 26.7 Å². The molecule has 1 heterocycles. The van der Waals surface area contributed by atoms with E-state index in [0.29, 0.717) is 0 Å². The first kappa shape index (κ1) is 27.2. The summed E-state index contributed by atoms with van der Waals surface area (Å²) in [5.41, 5.74) is -6.52. The van der Waals surface area contributed by atoms with Crippen LogP contribution < -0.4 is 4.13 Å². The lowest BCUT2D eigenvalue weighted by atomic mass is 10.2. The lowest BCUT2D eigenvalue weighted by Crippen LogP contribution is -2.66. The maximum absolute atomic E-state index is 14.7. The van der Waals surface area contributed by atoms with Gasteiger partial charge < -0.3 is 4.90 Å². The van der Waals surface area contributed by atoms with Crippen molar-refractivity contribution in [1.82, 2.24) is 13.3 Å². The van der Waals surface area contributed by atoms with Crippen molar-refractivity contribution in [2.24, 2.45) is 0 Å². The third-order valence-corrected chi connectivity index (χ3v) is 9.64. The molecule has 0 aromatic carbocycles. The predicted octanol–water partition coefficient (Wildman–Crippen LogP) is 0.246. The summed E-state index contributed by atoms with van der Waals surface area (Å²) < 4.78 is 176. The van der Waals surface area contributed by atoms with Gasteiger partial charge in [-0.15, -0.1) is 0 Å². The van der Waals surface area contributed by atoms with Crippen LogP contribution in [0.1, 0.15) is 6.92 Å². The van der Waals surface area contributed by atoms with Crippen LogP contribution >= 0.6 is 0 Å². The zero-order valence-corrected chi connectivity index (χ0v) is 17.4. The lowest BCUT2D eigenvalue weighted by molar-refractivity contribution is -0.204. The minimum Gasteiger partial charge on any atom is -0.304 e. The van der Waals surface area contributed by atoms with Crippen LogP contribution in [-0.4, -0.2) is 89.4 Å². The summed E-state index contributed by atoms with van der Waals surface area (Å²) in [6.45, 7) is -2.18. The van der Waals surface area contributed by atoms with Gasteiger partial charge in [-0.05, 0) is 14.0 Å². The van der Waals surface area contributed by atoms with E-state index < -0.39 is 75.9 Å². The maximum Gasteiger partial charge on any atom is 0.512 e. The topological polar surface area (TPSA) is 121 Å². The molecule has 0 radical (unpaired) electrons. The van der Waals surface area contributed by atoms with Crippen molar-refractivity contribution in [1.29, 1.82) is 0 Å². The number of alkyl halides is 8. The standard InChI is InChI=1S/C10H15F8N3O6S3/c1-7(11,30(26,27)21-5-3-20(2)4-6-21)8(12,13)9(14,15)28(22,23)19-29(24,25)10(16,17)18/h19H,3-6H2,1-2H3. The fourth-order valence-corrected chi connectivity index (χ4v) is 6.23. The SMILES string of the molecule is CN1CCN(S(=O)(=O)C(C)(F)C(F)(F)C(F)(F)S(=O)(=O)NS(=O)(=O)C(F)(F)F)CC1. The number of nitrogens with zero attached hydrogens (tertiary/aromatic N) is 2. The molecule has 1 atom stereocenters. The molecule has 20 heteroatoms. The molecule has 9 nitrogen and oxygen atoms in total. The third-order valence-electron chi connectivity index (χ3n) is 4.07. The van der Waals surface area contributed by atoms with E-state index in [0.717, 1.165) is 0 Å². The quantitative estimate of drug-likeness (QED) is 0.477. The summed E-state index contributed by atoms with van der Waals surface area (Å²) in [6.07, 6.45) is 0. The summed E-state index contributed by atoms with van der Waals surface area (Å²) >= 11 is 0. The molecule has 1 N–H and O–H groups in total. The Morgan fingerprint density at radius 1 is 0.733 bits per heavy atom. The Balaban J connectivity index is 3.45. The molecule has 30 heavy (non-hydrogen) atoms. The van der Waals surface area contributed by atoms with Crippen LogP contribution in [0, 0.1) is 0 Å². The van der Waals surface area contributed by atoms with Gasteiger partial charge in [0.25, 0.3) is 25.0 Å². The number of piperazine rings is 1. The molecule has 1 rings (SSSR count). The summed E-state index contributed by atoms with van der Waals surface area (Å²) in [6, 6.07) is 0. The highest BCUT2D eigenvalue weighted by Gasteiger charge is 2.80. The number of rotatable bonds is 7. The van der Waals surface area contributed by atoms with Crippen molar-refractivity contribution < 1.29 is 60.4 Å². The molecular weight excluding hydrogens is 506 g/mol. The molecule has 1 aliphatic heterocycles. The van der Waals surface area contributed by atoms with E-state index in [1.807, 2.05) is 0 Å². The summed E-state index contributed by atoms with van der Waals surface area (Å²) in [4.78, 5) is 1.46. The minimum atomic E-state index is -7.51. The number of hydrogen-bond acceptors (Lipinski definition) is 7. The average Bonchev–Trinajstić information content (AvgIpc) is 2.52. The van der Waals surface area contributed by atoms with Crippen LogP contribution in [0.25, 0.3) is 0 Å². The monoisotopic (exact) mass is 521 g/mol. The number of sulfonamides is 3. The Bertz CT molecular complexity index is 969. The molecule has 180 valence electrons. The zero-order chi connectivity index (χ0) is 24.2. The van der Waals surface area contributed by atoms with Crippen LogP contribution in [0.15, 0.2) is 0 Å². The van der Waals surface area contributed by atoms with E-state index >= 15 is 0 Å². The highest BCUT2D eigenvalue weighted by atomic mass is 32.3. The van der Waals surface area contributed by atoms with Crippen molar-refractivity contribution in [3.8, 4) is 0 Å². The first-order valence-corrected chi connectivity index (χ1v) is 11.8. The number of nitrogens with one attached hydrogen (secondary N) is 1. The zero-order valence-electron chi connectivity index (χ0n) is 14.9. The fourth-order valence-electron chi connectivity index (χ4n) is 2.11. The van der Waals surface area contributed by atoms with Gasteiger partial charge in [0, 0.05) is 26.2 Å². The summed E-state index contributed by atoms with van der Waals surface area (Å²) in [7, 11) is -19.2. The van der Waals surface area contributed by atoms with Gasteiger partial charge in [0.2, 0.25) is 0 Å². The number of likely N-dealkylation sites (N-methyl/N-ethyl adjacent to an activating group) is 1.